The van der Waals surface area contributed by atoms with Crippen molar-refractivity contribution >= 4 is 35.2 Å². The summed E-state index contributed by atoms with van der Waals surface area (Å²) in [5.74, 6) is 1.17. The molecule has 0 heterocycles. The van der Waals surface area contributed by atoms with Crippen LogP contribution in [-0.4, -0.2) is 42.2 Å². The molecule has 2 rings (SSSR count). The summed E-state index contributed by atoms with van der Waals surface area (Å²) >= 11 is 7.50. The highest BCUT2D eigenvalue weighted by molar-refractivity contribution is 7.99. The van der Waals surface area contributed by atoms with Gasteiger partial charge >= 0.3 is 0 Å². The quantitative estimate of drug-likeness (QED) is 0.563. The molecule has 0 fully saturated rings. The molecule has 0 spiro atoms. The van der Waals surface area contributed by atoms with Crippen molar-refractivity contribution in [1.82, 2.24) is 10.2 Å². The minimum atomic E-state index is -0.551. The van der Waals surface area contributed by atoms with Crippen LogP contribution in [-0.2, 0) is 16.1 Å². The summed E-state index contributed by atoms with van der Waals surface area (Å²) in [7, 11) is 1.61. The number of amides is 2. The maximum Gasteiger partial charge on any atom is 0.242 e. The van der Waals surface area contributed by atoms with Gasteiger partial charge in [-0.1, -0.05) is 23.7 Å². The molecule has 156 valence electrons. The van der Waals surface area contributed by atoms with Crippen LogP contribution in [0.25, 0.3) is 0 Å². The van der Waals surface area contributed by atoms with Gasteiger partial charge in [0.15, 0.2) is 0 Å². The lowest BCUT2D eigenvalue weighted by molar-refractivity contribution is -0.140. The second-order valence-corrected chi connectivity index (χ2v) is 8.10. The summed E-state index contributed by atoms with van der Waals surface area (Å²) in [5.41, 5.74) is 0.945. The Bertz CT molecular complexity index is 797. The molecule has 5 nitrogen and oxygen atoms in total. The third-order valence-corrected chi connectivity index (χ3v) is 5.69. The molecule has 29 heavy (non-hydrogen) atoms. The van der Waals surface area contributed by atoms with E-state index in [0.29, 0.717) is 30.3 Å². The van der Waals surface area contributed by atoms with Crippen molar-refractivity contribution in [3.63, 3.8) is 0 Å². The minimum absolute atomic E-state index is 0.0546. The third-order valence-electron chi connectivity index (χ3n) is 4.43. The summed E-state index contributed by atoms with van der Waals surface area (Å²) in [6, 6.07) is 14.5. The molecule has 0 aliphatic carbocycles. The number of halogens is 1. The molecular weight excluding hydrogens is 408 g/mol. The standard InChI is InChI=1S/C22H27ClN2O3S/c1-4-24-22(27)16(2)25(15-17-5-9-19(28-3)10-6-17)21(26)13-14-29-20-11-7-18(23)8-12-20/h5-12,16H,4,13-15H2,1-3H3,(H,24,27)/t16-/m1/s1. The molecule has 0 unspecified atom stereocenters. The molecule has 7 heteroatoms. The number of nitrogens with zero attached hydrogens (tertiary/aromatic N) is 1. The highest BCUT2D eigenvalue weighted by Gasteiger charge is 2.25. The zero-order chi connectivity index (χ0) is 21.2. The number of methoxy groups -OCH3 is 1. The minimum Gasteiger partial charge on any atom is -0.497 e. The first-order valence-corrected chi connectivity index (χ1v) is 10.9. The SMILES string of the molecule is CCNC(=O)[C@@H](C)N(Cc1ccc(OC)cc1)C(=O)CCSc1ccc(Cl)cc1. The van der Waals surface area contributed by atoms with E-state index in [9.17, 15) is 9.59 Å². The van der Waals surface area contributed by atoms with Crippen LogP contribution in [0.3, 0.4) is 0 Å². The van der Waals surface area contributed by atoms with Gasteiger partial charge in [-0.15, -0.1) is 11.8 Å². The average molecular weight is 435 g/mol. The molecule has 0 bridgehead atoms. The lowest BCUT2D eigenvalue weighted by Crippen LogP contribution is -2.47. The average Bonchev–Trinajstić information content (AvgIpc) is 2.73. The highest BCUT2D eigenvalue weighted by Crippen LogP contribution is 2.22. The second kappa shape index (κ2) is 11.7. The molecule has 0 saturated carbocycles. The molecule has 1 N–H and O–H groups in total. The van der Waals surface area contributed by atoms with Crippen LogP contribution in [0.1, 0.15) is 25.8 Å². The number of ether oxygens (including phenoxy) is 1. The summed E-state index contributed by atoms with van der Waals surface area (Å²) in [6.07, 6.45) is 0.340. The highest BCUT2D eigenvalue weighted by atomic mass is 35.5. The molecule has 0 aliphatic heterocycles. The maximum absolute atomic E-state index is 13.0. The van der Waals surface area contributed by atoms with E-state index in [1.165, 1.54) is 0 Å². The van der Waals surface area contributed by atoms with E-state index in [1.807, 2.05) is 55.5 Å². The Kier molecular flexibility index (Phi) is 9.35. The lowest BCUT2D eigenvalue weighted by atomic mass is 10.1. The predicted molar refractivity (Wildman–Crippen MR) is 118 cm³/mol. The fourth-order valence-electron chi connectivity index (χ4n) is 2.76. The summed E-state index contributed by atoms with van der Waals surface area (Å²) in [5, 5.41) is 3.49. The molecule has 2 amide bonds. The van der Waals surface area contributed by atoms with Crippen molar-refractivity contribution in [2.45, 2.75) is 37.8 Å². The van der Waals surface area contributed by atoms with Gasteiger partial charge in [0, 0.05) is 35.2 Å². The molecule has 2 aromatic rings. The van der Waals surface area contributed by atoms with Crippen molar-refractivity contribution < 1.29 is 14.3 Å². The Labute approximate surface area is 181 Å². The molecule has 1 atom stereocenters. The second-order valence-electron chi connectivity index (χ2n) is 6.49. The Balaban J connectivity index is 2.04. The Morgan fingerprint density at radius 1 is 1.14 bits per heavy atom. The molecule has 0 radical (unpaired) electrons. The number of likely N-dealkylation sites (N-methyl/N-ethyl adjacent to an activating group) is 1. The van der Waals surface area contributed by atoms with E-state index in [2.05, 4.69) is 5.32 Å². The zero-order valence-corrected chi connectivity index (χ0v) is 18.6. The number of hydrogen-bond donors (Lipinski definition) is 1. The number of carbonyl (C=O) groups is 2. The predicted octanol–water partition coefficient (Wildman–Crippen LogP) is 4.38. The van der Waals surface area contributed by atoms with Crippen molar-refractivity contribution in [1.29, 1.82) is 0 Å². The van der Waals surface area contributed by atoms with Crippen molar-refractivity contribution in [2.75, 3.05) is 19.4 Å². The number of nitrogens with one attached hydrogen (secondary N) is 1. The van der Waals surface area contributed by atoms with Gasteiger partial charge in [0.05, 0.1) is 7.11 Å². The van der Waals surface area contributed by atoms with Gasteiger partial charge < -0.3 is 15.0 Å². The van der Waals surface area contributed by atoms with E-state index in [1.54, 1.807) is 30.7 Å². The fraction of sp³-hybridized carbons (Fsp3) is 0.364. The van der Waals surface area contributed by atoms with Crippen LogP contribution in [0.5, 0.6) is 5.75 Å². The largest absolute Gasteiger partial charge is 0.497 e. The maximum atomic E-state index is 13.0. The molecule has 2 aromatic carbocycles. The monoisotopic (exact) mass is 434 g/mol. The smallest absolute Gasteiger partial charge is 0.242 e. The van der Waals surface area contributed by atoms with E-state index in [4.69, 9.17) is 16.3 Å². The van der Waals surface area contributed by atoms with E-state index < -0.39 is 6.04 Å². The lowest BCUT2D eigenvalue weighted by Gasteiger charge is -2.28. The summed E-state index contributed by atoms with van der Waals surface area (Å²) in [4.78, 5) is 28.0. The van der Waals surface area contributed by atoms with Crippen LogP contribution in [0.15, 0.2) is 53.4 Å². The number of benzene rings is 2. The van der Waals surface area contributed by atoms with Crippen LogP contribution in [0, 0.1) is 0 Å². The fourth-order valence-corrected chi connectivity index (χ4v) is 3.73. The first kappa shape index (κ1) is 23.1. The van der Waals surface area contributed by atoms with Crippen molar-refractivity contribution in [2.24, 2.45) is 0 Å². The zero-order valence-electron chi connectivity index (χ0n) is 17.0. The van der Waals surface area contributed by atoms with Crippen molar-refractivity contribution in [3.05, 3.63) is 59.1 Å². The molecule has 0 saturated heterocycles. The molecule has 0 aliphatic rings. The number of hydrogen-bond acceptors (Lipinski definition) is 4. The number of rotatable bonds is 10. The van der Waals surface area contributed by atoms with Gasteiger partial charge in [-0.2, -0.15) is 0 Å². The van der Waals surface area contributed by atoms with Gasteiger partial charge in [0.25, 0.3) is 0 Å². The normalized spacial score (nSPS) is 11.6. The van der Waals surface area contributed by atoms with Crippen LogP contribution in [0.4, 0.5) is 0 Å². The Morgan fingerprint density at radius 2 is 1.79 bits per heavy atom. The third kappa shape index (κ3) is 7.29. The molecule has 0 aromatic heterocycles. The van der Waals surface area contributed by atoms with Crippen LogP contribution < -0.4 is 10.1 Å². The van der Waals surface area contributed by atoms with Crippen LogP contribution >= 0.6 is 23.4 Å². The van der Waals surface area contributed by atoms with Gasteiger partial charge in [0.2, 0.25) is 11.8 Å². The Hall–Kier alpha value is -2.18. The van der Waals surface area contributed by atoms with Gasteiger partial charge in [-0.05, 0) is 55.8 Å². The topological polar surface area (TPSA) is 58.6 Å². The first-order chi connectivity index (χ1) is 13.9. The van der Waals surface area contributed by atoms with E-state index >= 15 is 0 Å². The number of thioether (sulfide) groups is 1. The van der Waals surface area contributed by atoms with Crippen molar-refractivity contribution in [3.8, 4) is 5.75 Å². The van der Waals surface area contributed by atoms with Gasteiger partial charge in [0.1, 0.15) is 11.8 Å². The molecular formula is C22H27ClN2O3S. The van der Waals surface area contributed by atoms with Gasteiger partial charge in [-0.25, -0.2) is 0 Å². The number of carbonyl (C=O) groups excluding carboxylic acids is 2. The van der Waals surface area contributed by atoms with E-state index in [-0.39, 0.29) is 11.8 Å². The first-order valence-electron chi connectivity index (χ1n) is 9.53. The van der Waals surface area contributed by atoms with Gasteiger partial charge in [-0.3, -0.25) is 9.59 Å². The summed E-state index contributed by atoms with van der Waals surface area (Å²) in [6.45, 7) is 4.52. The Morgan fingerprint density at radius 3 is 2.38 bits per heavy atom. The summed E-state index contributed by atoms with van der Waals surface area (Å²) < 4.78 is 5.19. The van der Waals surface area contributed by atoms with Crippen LogP contribution in [0.2, 0.25) is 5.02 Å². The van der Waals surface area contributed by atoms with E-state index in [0.717, 1.165) is 16.2 Å².